The highest BCUT2D eigenvalue weighted by Crippen LogP contribution is 2.45. The topological polar surface area (TPSA) is 211 Å². The van der Waals surface area contributed by atoms with Crippen molar-refractivity contribution in [3.8, 4) is 17.2 Å². The van der Waals surface area contributed by atoms with E-state index >= 15 is 0 Å². The summed E-state index contributed by atoms with van der Waals surface area (Å²) in [5, 5.41) is 0. The number of carbonyl (C=O) groups is 2. The van der Waals surface area contributed by atoms with Gasteiger partial charge >= 0.3 is 5.97 Å². The summed E-state index contributed by atoms with van der Waals surface area (Å²) >= 11 is 0. The number of carbonyl (C=O) groups excluding carboxylic acids is 2. The summed E-state index contributed by atoms with van der Waals surface area (Å²) in [5.74, 6) is 0.492. The van der Waals surface area contributed by atoms with E-state index in [2.05, 4.69) is 62.8 Å². The van der Waals surface area contributed by atoms with Gasteiger partial charge in [0.1, 0.15) is 26.4 Å². The molecular weight excluding hydrogens is 1030 g/mol. The number of aromatic amines is 2. The molecule has 1 aliphatic carbocycles. The second-order valence-corrected chi connectivity index (χ2v) is 19.8. The fourth-order valence-corrected chi connectivity index (χ4v) is 10.3. The minimum absolute atomic E-state index is 0.0481. The quantitative estimate of drug-likeness (QED) is 0.0318. The maximum absolute atomic E-state index is 14.0. The summed E-state index contributed by atoms with van der Waals surface area (Å²) in [4.78, 5) is 46.0. The molecular formula is C61H84N4O15. The largest absolute Gasteiger partial charge is 0.487 e. The standard InChI is InChI=1S/C61H84N4O15/c1-10-44-39(3)48-35-50-41(5)46(59(64-50)47-34-54(66)58-42(6)51(65-60(47)58)37-53-45(11-2)40(4)49(63-53)36-52(44)62-48)12-13-57(67)80-38-43-32-55(77-29-26-74-23-20-71-17-14-68-7)61(79-31-28-76-25-22-73-19-16-70-9)56(33-43)78-30-27-75-24-21-72-18-15-69-8/h32-33,35-37,41,46,62,65H,10-31,34,38H2,1-9H3/t41-,46-/m0/s1. The van der Waals surface area contributed by atoms with E-state index in [-0.39, 0.29) is 82.7 Å². The van der Waals surface area contributed by atoms with Crippen molar-refractivity contribution in [2.24, 2.45) is 0 Å². The number of esters is 1. The Kier molecular flexibility index (Phi) is 24.8. The first-order chi connectivity index (χ1) is 39.0. The minimum atomic E-state index is -0.389. The molecule has 0 unspecified atom stereocenters. The second kappa shape index (κ2) is 32.0. The molecule has 5 heterocycles. The number of hydrogen-bond donors (Lipinski definition) is 2. The van der Waals surface area contributed by atoms with Crippen molar-refractivity contribution in [2.45, 2.75) is 92.1 Å². The highest BCUT2D eigenvalue weighted by molar-refractivity contribution is 6.13. The molecule has 2 aliphatic heterocycles. The zero-order chi connectivity index (χ0) is 56.8. The summed E-state index contributed by atoms with van der Waals surface area (Å²) in [6.07, 6.45) is 2.42. The predicted molar refractivity (Wildman–Crippen MR) is 304 cm³/mol. The minimum Gasteiger partial charge on any atom is -0.487 e. The number of fused-ring (bicyclic) bond motifs is 8. The SMILES string of the molecule is CCC1=C(C)c2cc3[nH]c(cc4nc(c5c6[nH]c(cc1n2)c(C)c6C(=O)C5)[C@@H](CCC(=O)OCc1cc(OCCOCCOCCOC)c(OCCOCCOCCOC)c(OCCOCCOCCOC)c1)[C@@H]4C)c(C)c3CC. The maximum Gasteiger partial charge on any atom is 0.306 e. The lowest BCUT2D eigenvalue weighted by atomic mass is 9.85. The fourth-order valence-electron chi connectivity index (χ4n) is 10.3. The van der Waals surface area contributed by atoms with Crippen molar-refractivity contribution in [1.82, 2.24) is 19.9 Å². The van der Waals surface area contributed by atoms with E-state index in [1.54, 1.807) is 33.5 Å². The number of nitrogens with zero attached hydrogens (tertiary/aromatic N) is 2. The van der Waals surface area contributed by atoms with Crippen LogP contribution in [-0.2, 0) is 71.6 Å². The number of hydrogen-bond acceptors (Lipinski definition) is 17. The Hall–Kier alpha value is -5.74. The molecule has 0 spiro atoms. The van der Waals surface area contributed by atoms with Crippen LogP contribution in [-0.4, -0.2) is 172 Å². The van der Waals surface area contributed by atoms with Crippen LogP contribution in [0.4, 0.5) is 0 Å². The van der Waals surface area contributed by atoms with Gasteiger partial charge in [0.2, 0.25) is 5.75 Å². The molecule has 1 aromatic carbocycles. The van der Waals surface area contributed by atoms with Crippen molar-refractivity contribution >= 4 is 45.0 Å². The summed E-state index contributed by atoms with van der Waals surface area (Å²) in [6, 6.07) is 9.95. The van der Waals surface area contributed by atoms with Crippen molar-refractivity contribution in [2.75, 3.05) is 140 Å². The van der Waals surface area contributed by atoms with Crippen LogP contribution in [0.1, 0.15) is 120 Å². The normalized spacial score (nSPS) is 14.9. The van der Waals surface area contributed by atoms with Gasteiger partial charge in [-0.2, -0.15) is 0 Å². The zero-order valence-electron chi connectivity index (χ0n) is 48.5. The van der Waals surface area contributed by atoms with E-state index in [4.69, 9.17) is 71.5 Å². The van der Waals surface area contributed by atoms with Crippen LogP contribution in [0.5, 0.6) is 17.2 Å². The number of benzene rings is 1. The summed E-state index contributed by atoms with van der Waals surface area (Å²) in [5.41, 5.74) is 14.9. The van der Waals surface area contributed by atoms with Gasteiger partial charge in [-0.1, -0.05) is 20.8 Å². The smallest absolute Gasteiger partial charge is 0.306 e. The third-order valence-electron chi connectivity index (χ3n) is 14.6. The number of nitrogens with one attached hydrogen (secondary N) is 2. The van der Waals surface area contributed by atoms with Crippen molar-refractivity contribution in [3.05, 3.63) is 86.5 Å². The average molecular weight is 1110 g/mol. The van der Waals surface area contributed by atoms with Gasteiger partial charge in [-0.05, 0) is 104 Å². The van der Waals surface area contributed by atoms with Crippen LogP contribution in [0.3, 0.4) is 0 Å². The first-order valence-corrected chi connectivity index (χ1v) is 28.1. The van der Waals surface area contributed by atoms with Crippen molar-refractivity contribution in [1.29, 1.82) is 0 Å². The van der Waals surface area contributed by atoms with Gasteiger partial charge < -0.3 is 71.5 Å². The molecule has 0 saturated carbocycles. The molecule has 19 heteroatoms. The van der Waals surface area contributed by atoms with Crippen LogP contribution >= 0.6 is 0 Å². The first-order valence-electron chi connectivity index (χ1n) is 28.1. The third kappa shape index (κ3) is 16.5. The number of Topliss-reactive ketones (excluding diaryl/α,β-unsaturated/α-hetero) is 1. The maximum atomic E-state index is 14.0. The van der Waals surface area contributed by atoms with E-state index in [0.29, 0.717) is 114 Å². The van der Waals surface area contributed by atoms with Gasteiger partial charge in [0.25, 0.3) is 0 Å². The molecule has 4 aromatic rings. The van der Waals surface area contributed by atoms with Gasteiger partial charge in [-0.3, -0.25) is 14.6 Å². The highest BCUT2D eigenvalue weighted by atomic mass is 16.6. The molecule has 0 radical (unpaired) electrons. The average Bonchev–Trinajstić information content (AvgIpc) is 4.24. The van der Waals surface area contributed by atoms with Gasteiger partial charge in [0.05, 0.1) is 122 Å². The van der Waals surface area contributed by atoms with E-state index < -0.39 is 0 Å². The third-order valence-corrected chi connectivity index (χ3v) is 14.6. The van der Waals surface area contributed by atoms with Crippen molar-refractivity contribution < 1.29 is 71.2 Å². The van der Waals surface area contributed by atoms with Gasteiger partial charge in [0, 0.05) is 79.4 Å². The number of ether oxygens (including phenoxy) is 13. The predicted octanol–water partition coefficient (Wildman–Crippen LogP) is 9.16. The fraction of sp³-hybridized carbons (Fsp3) is 0.574. The monoisotopic (exact) mass is 1110 g/mol. The Balaban J connectivity index is 1.12. The number of rotatable bonds is 37. The molecule has 8 bridgehead atoms. The van der Waals surface area contributed by atoms with Crippen LogP contribution in [0.15, 0.2) is 30.3 Å². The zero-order valence-corrected chi connectivity index (χ0v) is 48.5. The van der Waals surface area contributed by atoms with E-state index in [1.165, 1.54) is 11.1 Å². The molecule has 7 rings (SSSR count). The Morgan fingerprint density at radius 1 is 0.600 bits per heavy atom. The number of H-pyrrole nitrogens is 2. The molecule has 2 N–H and O–H groups in total. The summed E-state index contributed by atoms with van der Waals surface area (Å²) in [6.45, 7) is 19.3. The molecule has 3 aliphatic rings. The highest BCUT2D eigenvalue weighted by Gasteiger charge is 2.36. The van der Waals surface area contributed by atoms with E-state index in [0.717, 1.165) is 79.9 Å². The van der Waals surface area contributed by atoms with Gasteiger partial charge in [0.15, 0.2) is 17.3 Å². The summed E-state index contributed by atoms with van der Waals surface area (Å²) in [7, 11) is 4.88. The lowest BCUT2D eigenvalue weighted by molar-refractivity contribution is -0.145. The van der Waals surface area contributed by atoms with Crippen molar-refractivity contribution in [3.63, 3.8) is 0 Å². The van der Waals surface area contributed by atoms with Gasteiger partial charge in [-0.25, -0.2) is 4.98 Å². The number of aryl methyl sites for hydroxylation is 3. The number of aromatic nitrogens is 4. The number of methoxy groups -OCH3 is 3. The van der Waals surface area contributed by atoms with Crippen LogP contribution < -0.4 is 14.2 Å². The molecule has 80 heavy (non-hydrogen) atoms. The Morgan fingerprint density at radius 2 is 1.12 bits per heavy atom. The molecule has 438 valence electrons. The van der Waals surface area contributed by atoms with Crippen LogP contribution in [0.2, 0.25) is 0 Å². The molecule has 2 atom stereocenters. The van der Waals surface area contributed by atoms with Gasteiger partial charge in [-0.15, -0.1) is 0 Å². The number of allylic oxidation sites excluding steroid dienone is 2. The van der Waals surface area contributed by atoms with E-state index in [9.17, 15) is 9.59 Å². The first kappa shape index (κ1) is 61.9. The molecule has 0 amide bonds. The Morgan fingerprint density at radius 3 is 1.68 bits per heavy atom. The summed E-state index contributed by atoms with van der Waals surface area (Å²) < 4.78 is 74.2. The molecule has 0 fully saturated rings. The van der Waals surface area contributed by atoms with Crippen LogP contribution in [0, 0.1) is 13.8 Å². The number of ketones is 1. The molecule has 0 saturated heterocycles. The van der Waals surface area contributed by atoms with E-state index in [1.807, 2.05) is 6.92 Å². The molecule has 3 aromatic heterocycles. The lowest BCUT2D eigenvalue weighted by Gasteiger charge is -2.19. The Bertz CT molecular complexity index is 2830. The Labute approximate surface area is 470 Å². The molecule has 19 nitrogen and oxygen atoms in total. The van der Waals surface area contributed by atoms with Crippen LogP contribution in [0.25, 0.3) is 33.2 Å². The second-order valence-electron chi connectivity index (χ2n) is 19.8. The lowest BCUT2D eigenvalue weighted by Crippen LogP contribution is -2.16.